The van der Waals surface area contributed by atoms with Crippen molar-refractivity contribution >= 4 is 29.3 Å². The molecule has 7 heteroatoms. The lowest BCUT2D eigenvalue weighted by molar-refractivity contribution is -0.120. The number of carbonyl (C=O) groups is 1. The van der Waals surface area contributed by atoms with Gasteiger partial charge in [-0.25, -0.2) is 0 Å². The van der Waals surface area contributed by atoms with Crippen molar-refractivity contribution in [3.05, 3.63) is 34.2 Å². The predicted molar refractivity (Wildman–Crippen MR) is 67.7 cm³/mol. The number of amides is 1. The van der Waals surface area contributed by atoms with E-state index in [0.29, 0.717) is 11.6 Å². The average Bonchev–Trinajstić information content (AvgIpc) is 2.96. The van der Waals surface area contributed by atoms with Gasteiger partial charge in [-0.3, -0.25) is 4.79 Å². The Hall–Kier alpha value is -2.15. The van der Waals surface area contributed by atoms with Crippen molar-refractivity contribution in [2.45, 2.75) is 6.92 Å². The van der Waals surface area contributed by atoms with Gasteiger partial charge in [-0.15, -0.1) is 11.3 Å². The van der Waals surface area contributed by atoms with E-state index >= 15 is 0 Å². The van der Waals surface area contributed by atoms with Crippen LogP contribution in [0, 0.1) is 6.92 Å². The van der Waals surface area contributed by atoms with Crippen LogP contribution < -0.4 is 5.32 Å². The second kappa shape index (κ2) is 5.97. The number of aromatic nitrogens is 1. The number of anilines is 1. The summed E-state index contributed by atoms with van der Waals surface area (Å²) in [4.78, 5) is 17.2. The van der Waals surface area contributed by atoms with Gasteiger partial charge in [0.1, 0.15) is 5.76 Å². The highest BCUT2D eigenvalue weighted by molar-refractivity contribution is 7.11. The van der Waals surface area contributed by atoms with Crippen LogP contribution >= 0.6 is 11.3 Å². The second-order valence-electron chi connectivity index (χ2n) is 3.39. The van der Waals surface area contributed by atoms with Crippen molar-refractivity contribution in [3.8, 4) is 0 Å². The number of carbonyl (C=O) groups excluding carboxylic acids is 1. The normalized spacial score (nSPS) is 10.7. The number of nitrogens with zero attached hydrogens (tertiary/aromatic N) is 2. The van der Waals surface area contributed by atoms with Crippen molar-refractivity contribution in [1.82, 2.24) is 5.16 Å². The highest BCUT2D eigenvalue weighted by Crippen LogP contribution is 2.07. The minimum absolute atomic E-state index is 0.173. The molecular formula is C11H11N3O3S. The Morgan fingerprint density at radius 1 is 1.72 bits per heavy atom. The summed E-state index contributed by atoms with van der Waals surface area (Å²) >= 11 is 1.53. The molecule has 0 bridgehead atoms. The Bertz CT molecular complexity index is 533. The molecule has 1 N–H and O–H groups in total. The molecule has 0 saturated carbocycles. The summed E-state index contributed by atoms with van der Waals surface area (Å²) in [6.45, 7) is 1.57. The fourth-order valence-electron chi connectivity index (χ4n) is 1.15. The van der Waals surface area contributed by atoms with Crippen LogP contribution in [0.3, 0.4) is 0 Å². The third kappa shape index (κ3) is 3.70. The Morgan fingerprint density at radius 2 is 2.61 bits per heavy atom. The maximum Gasteiger partial charge on any atom is 0.266 e. The number of oxime groups is 1. The molecule has 2 rings (SSSR count). The maximum atomic E-state index is 11.4. The van der Waals surface area contributed by atoms with E-state index in [1.54, 1.807) is 19.2 Å². The van der Waals surface area contributed by atoms with Crippen LogP contribution in [-0.4, -0.2) is 23.9 Å². The fourth-order valence-corrected chi connectivity index (χ4v) is 1.73. The van der Waals surface area contributed by atoms with Gasteiger partial charge in [0, 0.05) is 10.9 Å². The molecule has 18 heavy (non-hydrogen) atoms. The molecule has 0 radical (unpaired) electrons. The molecule has 0 aliphatic carbocycles. The first-order valence-corrected chi connectivity index (χ1v) is 6.04. The predicted octanol–water partition coefficient (Wildman–Crippen LogP) is 2.03. The zero-order valence-electron chi connectivity index (χ0n) is 9.62. The van der Waals surface area contributed by atoms with Crippen LogP contribution in [0.15, 0.2) is 33.3 Å². The quantitative estimate of drug-likeness (QED) is 0.663. The van der Waals surface area contributed by atoms with Gasteiger partial charge in [-0.1, -0.05) is 16.4 Å². The molecule has 2 aromatic heterocycles. The van der Waals surface area contributed by atoms with Crippen LogP contribution in [-0.2, 0) is 9.63 Å². The van der Waals surface area contributed by atoms with E-state index in [1.165, 1.54) is 11.3 Å². The number of thiophene rings is 1. The molecule has 94 valence electrons. The van der Waals surface area contributed by atoms with Crippen molar-refractivity contribution < 1.29 is 14.2 Å². The largest absolute Gasteiger partial charge is 0.386 e. The molecule has 0 aromatic carbocycles. The SMILES string of the molecule is Cc1cc(NC(=O)CO/N=C/c2cccs2)no1. The molecule has 2 aromatic rings. The van der Waals surface area contributed by atoms with E-state index in [1.807, 2.05) is 17.5 Å². The monoisotopic (exact) mass is 265 g/mol. The number of aryl methyl sites for hydroxylation is 1. The molecule has 0 fully saturated rings. The number of hydrogen-bond acceptors (Lipinski definition) is 6. The van der Waals surface area contributed by atoms with E-state index in [4.69, 9.17) is 9.36 Å². The topological polar surface area (TPSA) is 76.7 Å². The van der Waals surface area contributed by atoms with Gasteiger partial charge in [-0.05, 0) is 18.4 Å². The lowest BCUT2D eigenvalue weighted by Gasteiger charge is -1.98. The summed E-state index contributed by atoms with van der Waals surface area (Å²) in [5.41, 5.74) is 0. The summed E-state index contributed by atoms with van der Waals surface area (Å²) < 4.78 is 4.81. The molecule has 0 saturated heterocycles. The highest BCUT2D eigenvalue weighted by Gasteiger charge is 2.05. The Morgan fingerprint density at radius 3 is 3.28 bits per heavy atom. The number of nitrogens with one attached hydrogen (secondary N) is 1. The van der Waals surface area contributed by atoms with Crippen LogP contribution in [0.25, 0.3) is 0 Å². The maximum absolute atomic E-state index is 11.4. The summed E-state index contributed by atoms with van der Waals surface area (Å²) in [5, 5.41) is 11.8. The minimum atomic E-state index is -0.341. The zero-order chi connectivity index (χ0) is 12.8. The van der Waals surface area contributed by atoms with Gasteiger partial charge in [0.25, 0.3) is 5.91 Å². The highest BCUT2D eigenvalue weighted by atomic mass is 32.1. The molecular weight excluding hydrogens is 254 g/mol. The van der Waals surface area contributed by atoms with E-state index in [0.717, 1.165) is 4.88 Å². The third-order valence-electron chi connectivity index (χ3n) is 1.89. The van der Waals surface area contributed by atoms with E-state index in [2.05, 4.69) is 15.6 Å². The van der Waals surface area contributed by atoms with Crippen LogP contribution in [0.2, 0.25) is 0 Å². The lowest BCUT2D eigenvalue weighted by Crippen LogP contribution is -2.17. The molecule has 1 amide bonds. The summed E-state index contributed by atoms with van der Waals surface area (Å²) in [6.07, 6.45) is 1.55. The molecule has 0 aliphatic heterocycles. The smallest absolute Gasteiger partial charge is 0.266 e. The van der Waals surface area contributed by atoms with E-state index < -0.39 is 0 Å². The first-order chi connectivity index (χ1) is 8.74. The van der Waals surface area contributed by atoms with Crippen molar-refractivity contribution in [1.29, 1.82) is 0 Å². The van der Waals surface area contributed by atoms with Crippen molar-refractivity contribution in [2.75, 3.05) is 11.9 Å². The van der Waals surface area contributed by atoms with Gasteiger partial charge in [0.2, 0.25) is 0 Å². The number of rotatable bonds is 5. The molecule has 0 spiro atoms. The number of hydrogen-bond donors (Lipinski definition) is 1. The van der Waals surface area contributed by atoms with Crippen LogP contribution in [0.1, 0.15) is 10.6 Å². The van der Waals surface area contributed by atoms with Gasteiger partial charge >= 0.3 is 0 Å². The Balaban J connectivity index is 1.72. The second-order valence-corrected chi connectivity index (χ2v) is 4.37. The van der Waals surface area contributed by atoms with Gasteiger partial charge in [-0.2, -0.15) is 0 Å². The summed E-state index contributed by atoms with van der Waals surface area (Å²) in [7, 11) is 0. The Kier molecular flexibility index (Phi) is 4.08. The van der Waals surface area contributed by atoms with Gasteiger partial charge in [0.15, 0.2) is 12.4 Å². The van der Waals surface area contributed by atoms with Gasteiger partial charge in [0.05, 0.1) is 6.21 Å². The zero-order valence-corrected chi connectivity index (χ0v) is 10.4. The van der Waals surface area contributed by atoms with E-state index in [9.17, 15) is 4.79 Å². The third-order valence-corrected chi connectivity index (χ3v) is 2.70. The Labute approximate surface area is 107 Å². The lowest BCUT2D eigenvalue weighted by atomic mass is 10.5. The summed E-state index contributed by atoms with van der Waals surface area (Å²) in [5.74, 6) is 0.650. The van der Waals surface area contributed by atoms with E-state index in [-0.39, 0.29) is 12.5 Å². The molecule has 6 nitrogen and oxygen atoms in total. The first-order valence-electron chi connectivity index (χ1n) is 5.16. The summed E-state index contributed by atoms with van der Waals surface area (Å²) in [6, 6.07) is 5.42. The first kappa shape index (κ1) is 12.3. The van der Waals surface area contributed by atoms with Crippen molar-refractivity contribution in [2.24, 2.45) is 5.16 Å². The van der Waals surface area contributed by atoms with Gasteiger partial charge < -0.3 is 14.7 Å². The van der Waals surface area contributed by atoms with Crippen molar-refractivity contribution in [3.63, 3.8) is 0 Å². The molecule has 0 aliphatic rings. The van der Waals surface area contributed by atoms with Crippen LogP contribution in [0.5, 0.6) is 0 Å². The molecule has 0 unspecified atom stereocenters. The standard InChI is InChI=1S/C11H11N3O3S/c1-8-5-10(14-17-8)13-11(15)7-16-12-6-9-3-2-4-18-9/h2-6H,7H2,1H3,(H,13,14,15)/b12-6+. The average molecular weight is 265 g/mol. The minimum Gasteiger partial charge on any atom is -0.386 e. The fraction of sp³-hybridized carbons (Fsp3) is 0.182. The molecule has 2 heterocycles. The molecule has 0 atom stereocenters. The van der Waals surface area contributed by atoms with Crippen LogP contribution in [0.4, 0.5) is 5.82 Å².